The topological polar surface area (TPSA) is 77.8 Å². The predicted molar refractivity (Wildman–Crippen MR) is 64.9 cm³/mol. The zero-order chi connectivity index (χ0) is 12.3. The molecular formula is C13H13N2O2+. The maximum atomic E-state index is 10.7. The number of hydrogen-bond donors (Lipinski definition) is 2. The van der Waals surface area contributed by atoms with Crippen molar-refractivity contribution in [1.29, 1.82) is 5.41 Å². The molecule has 0 atom stereocenters. The van der Waals surface area contributed by atoms with Crippen molar-refractivity contribution in [2.24, 2.45) is 0 Å². The molecule has 2 rings (SSSR count). The van der Waals surface area contributed by atoms with E-state index in [1.54, 1.807) is 0 Å². The molecule has 0 aliphatic carbocycles. The Labute approximate surface area is 98.5 Å². The van der Waals surface area contributed by atoms with E-state index in [1.807, 2.05) is 36.4 Å². The van der Waals surface area contributed by atoms with Crippen molar-refractivity contribution in [3.63, 3.8) is 0 Å². The minimum absolute atomic E-state index is 0.209. The number of ether oxygens (including phenoxy) is 1. The number of nitrogens with one attached hydrogen (secondary N) is 1. The largest absolute Gasteiger partial charge is 0.511 e. The van der Waals surface area contributed by atoms with Crippen LogP contribution in [0.1, 0.15) is 11.1 Å². The van der Waals surface area contributed by atoms with Gasteiger partial charge >= 0.3 is 6.09 Å². The molecule has 0 fully saturated rings. The molecule has 0 aromatic heterocycles. The fourth-order valence-corrected chi connectivity index (χ4v) is 1.79. The lowest BCUT2D eigenvalue weighted by atomic mass is 10.0. The summed E-state index contributed by atoms with van der Waals surface area (Å²) < 4.78 is 4.90. The van der Waals surface area contributed by atoms with E-state index in [0.717, 1.165) is 21.9 Å². The SMILES string of the molecule is N=Cc1ccc(COC([NH3+])=O)c2ccccc12. The van der Waals surface area contributed by atoms with Gasteiger partial charge in [0.15, 0.2) is 0 Å². The molecule has 17 heavy (non-hydrogen) atoms. The van der Waals surface area contributed by atoms with Gasteiger partial charge in [0.05, 0.1) is 0 Å². The van der Waals surface area contributed by atoms with Crippen LogP contribution < -0.4 is 5.73 Å². The van der Waals surface area contributed by atoms with Crippen molar-refractivity contribution >= 4 is 23.1 Å². The lowest BCUT2D eigenvalue weighted by molar-refractivity contribution is -0.284. The predicted octanol–water partition coefficient (Wildman–Crippen LogP) is 1.72. The third kappa shape index (κ3) is 2.32. The summed E-state index contributed by atoms with van der Waals surface area (Å²) in [6, 6.07) is 11.5. The highest BCUT2D eigenvalue weighted by molar-refractivity contribution is 6.00. The minimum Gasteiger partial charge on any atom is -0.415 e. The van der Waals surface area contributed by atoms with Crippen LogP contribution in [0.2, 0.25) is 0 Å². The second-order valence-corrected chi connectivity index (χ2v) is 3.66. The summed E-state index contributed by atoms with van der Waals surface area (Å²) in [7, 11) is 0. The van der Waals surface area contributed by atoms with Crippen LogP contribution in [0, 0.1) is 5.41 Å². The average molecular weight is 229 g/mol. The average Bonchev–Trinajstić information content (AvgIpc) is 2.35. The molecule has 0 aliphatic rings. The highest BCUT2D eigenvalue weighted by Crippen LogP contribution is 2.22. The van der Waals surface area contributed by atoms with E-state index in [9.17, 15) is 4.79 Å². The number of carbonyl (C=O) groups excluding carboxylic acids is 1. The van der Waals surface area contributed by atoms with Crippen molar-refractivity contribution in [2.45, 2.75) is 6.61 Å². The van der Waals surface area contributed by atoms with E-state index in [2.05, 4.69) is 5.73 Å². The first-order valence-corrected chi connectivity index (χ1v) is 5.22. The van der Waals surface area contributed by atoms with Gasteiger partial charge in [0.2, 0.25) is 0 Å². The number of fused-ring (bicyclic) bond motifs is 1. The Bertz CT molecular complexity index is 579. The van der Waals surface area contributed by atoms with E-state index in [0.29, 0.717) is 0 Å². The molecule has 0 spiro atoms. The smallest absolute Gasteiger partial charge is 0.415 e. The van der Waals surface area contributed by atoms with Gasteiger partial charge in [-0.15, -0.1) is 0 Å². The summed E-state index contributed by atoms with van der Waals surface area (Å²) in [6.45, 7) is 0.209. The Hall–Kier alpha value is -2.20. The lowest BCUT2D eigenvalue weighted by Gasteiger charge is -2.07. The van der Waals surface area contributed by atoms with Crippen LogP contribution in [0.15, 0.2) is 36.4 Å². The van der Waals surface area contributed by atoms with E-state index in [1.165, 1.54) is 6.21 Å². The summed E-state index contributed by atoms with van der Waals surface area (Å²) in [6.07, 6.45) is 0.782. The normalized spacial score (nSPS) is 10.2. The fourth-order valence-electron chi connectivity index (χ4n) is 1.79. The Morgan fingerprint density at radius 3 is 2.59 bits per heavy atom. The van der Waals surface area contributed by atoms with Gasteiger partial charge in [-0.1, -0.05) is 36.4 Å². The number of quaternary nitrogens is 1. The van der Waals surface area contributed by atoms with Crippen molar-refractivity contribution in [2.75, 3.05) is 0 Å². The first-order valence-electron chi connectivity index (χ1n) is 5.22. The van der Waals surface area contributed by atoms with Crippen LogP contribution >= 0.6 is 0 Å². The molecular weight excluding hydrogens is 216 g/mol. The van der Waals surface area contributed by atoms with Crippen LogP contribution in [0.4, 0.5) is 4.79 Å². The fraction of sp³-hybridized carbons (Fsp3) is 0.0769. The molecule has 0 radical (unpaired) electrons. The molecule has 2 aromatic carbocycles. The molecule has 4 N–H and O–H groups in total. The molecule has 0 saturated carbocycles. The highest BCUT2D eigenvalue weighted by atomic mass is 16.5. The van der Waals surface area contributed by atoms with Gasteiger partial charge in [0.25, 0.3) is 0 Å². The minimum atomic E-state index is -0.537. The molecule has 0 aliphatic heterocycles. The van der Waals surface area contributed by atoms with Crippen molar-refractivity contribution < 1.29 is 15.3 Å². The quantitative estimate of drug-likeness (QED) is 0.786. The molecule has 1 amide bonds. The van der Waals surface area contributed by atoms with Gasteiger partial charge in [-0.25, -0.2) is 0 Å². The van der Waals surface area contributed by atoms with Gasteiger partial charge in [0.1, 0.15) is 6.61 Å². The molecule has 0 heterocycles. The number of rotatable bonds is 3. The molecule has 86 valence electrons. The Morgan fingerprint density at radius 2 is 1.94 bits per heavy atom. The Kier molecular flexibility index (Phi) is 3.16. The van der Waals surface area contributed by atoms with Crippen molar-refractivity contribution in [1.82, 2.24) is 0 Å². The Balaban J connectivity index is 2.50. The van der Waals surface area contributed by atoms with Gasteiger partial charge in [-0.05, 0) is 21.9 Å². The molecule has 4 heteroatoms. The summed E-state index contributed by atoms with van der Waals surface area (Å²) in [4.78, 5) is 10.7. The zero-order valence-corrected chi connectivity index (χ0v) is 9.27. The van der Waals surface area contributed by atoms with E-state index < -0.39 is 6.09 Å². The zero-order valence-electron chi connectivity index (χ0n) is 9.27. The highest BCUT2D eigenvalue weighted by Gasteiger charge is 2.06. The third-order valence-corrected chi connectivity index (χ3v) is 2.59. The van der Waals surface area contributed by atoms with Gasteiger partial charge in [0, 0.05) is 6.21 Å². The number of carbonyl (C=O) groups is 1. The standard InChI is InChI=1S/C13H12N2O2/c14-7-9-5-6-10(8-17-13(15)16)12-4-2-1-3-11(9)12/h1-7,14H,8H2,(H2,15,16)/p+1. The molecule has 0 bridgehead atoms. The van der Waals surface area contributed by atoms with Gasteiger partial charge in [-0.3, -0.25) is 5.73 Å². The summed E-state index contributed by atoms with van der Waals surface area (Å²) in [5, 5.41) is 9.33. The Morgan fingerprint density at radius 1 is 1.24 bits per heavy atom. The van der Waals surface area contributed by atoms with Gasteiger partial charge < -0.3 is 10.1 Å². The van der Waals surface area contributed by atoms with Crippen molar-refractivity contribution in [3.8, 4) is 0 Å². The molecule has 4 nitrogen and oxygen atoms in total. The first-order chi connectivity index (χ1) is 8.22. The molecule has 0 unspecified atom stereocenters. The summed E-state index contributed by atoms with van der Waals surface area (Å²) in [5.74, 6) is 0. The maximum absolute atomic E-state index is 10.7. The number of hydrogen-bond acceptors (Lipinski definition) is 3. The third-order valence-electron chi connectivity index (χ3n) is 2.59. The second-order valence-electron chi connectivity index (χ2n) is 3.66. The van der Waals surface area contributed by atoms with E-state index in [4.69, 9.17) is 10.1 Å². The summed E-state index contributed by atoms with van der Waals surface area (Å²) in [5.41, 5.74) is 4.94. The lowest BCUT2D eigenvalue weighted by Crippen LogP contribution is -2.56. The van der Waals surface area contributed by atoms with E-state index in [-0.39, 0.29) is 6.61 Å². The van der Waals surface area contributed by atoms with E-state index >= 15 is 0 Å². The molecule has 2 aromatic rings. The number of benzene rings is 2. The van der Waals surface area contributed by atoms with Crippen LogP contribution in [0.3, 0.4) is 0 Å². The van der Waals surface area contributed by atoms with Crippen molar-refractivity contribution in [3.05, 3.63) is 47.5 Å². The first kappa shape index (κ1) is 11.3. The van der Waals surface area contributed by atoms with Gasteiger partial charge in [-0.2, -0.15) is 4.79 Å². The summed E-state index contributed by atoms with van der Waals surface area (Å²) >= 11 is 0. The maximum Gasteiger partial charge on any atom is 0.511 e. The second kappa shape index (κ2) is 4.76. The van der Waals surface area contributed by atoms with Crippen LogP contribution in [0.25, 0.3) is 10.8 Å². The molecule has 0 saturated heterocycles. The van der Waals surface area contributed by atoms with Crippen LogP contribution in [-0.4, -0.2) is 12.3 Å². The monoisotopic (exact) mass is 229 g/mol. The van der Waals surface area contributed by atoms with Crippen LogP contribution in [0.5, 0.6) is 0 Å². The van der Waals surface area contributed by atoms with Crippen LogP contribution in [-0.2, 0) is 11.3 Å². The number of amides is 1.